The molecule has 3 N–H and O–H groups in total. The number of ether oxygens (including phenoxy) is 1. The van der Waals surface area contributed by atoms with Crippen molar-refractivity contribution in [1.29, 1.82) is 0 Å². The molecule has 0 bridgehead atoms. The molecule has 2 aliphatic rings. The predicted octanol–water partition coefficient (Wildman–Crippen LogP) is 2.51. The third-order valence-electron chi connectivity index (χ3n) is 5.36. The monoisotopic (exact) mass is 331 g/mol. The fraction of sp³-hybridized carbons (Fsp3) is 0.611. The Balaban J connectivity index is 1.59. The van der Waals surface area contributed by atoms with Gasteiger partial charge >= 0.3 is 0 Å². The lowest BCUT2D eigenvalue weighted by molar-refractivity contribution is 0.123. The molecule has 6 nitrogen and oxygen atoms in total. The molecule has 2 heterocycles. The quantitative estimate of drug-likeness (QED) is 0.841. The summed E-state index contributed by atoms with van der Waals surface area (Å²) < 4.78 is 11.4. The van der Waals surface area contributed by atoms with Crippen LogP contribution in [0.4, 0.5) is 11.4 Å². The summed E-state index contributed by atoms with van der Waals surface area (Å²) in [4.78, 5) is 6.99. The molecule has 24 heavy (non-hydrogen) atoms. The van der Waals surface area contributed by atoms with Crippen molar-refractivity contribution in [3.63, 3.8) is 0 Å². The molecule has 6 heteroatoms. The minimum absolute atomic E-state index is 0.291. The van der Waals surface area contributed by atoms with E-state index < -0.39 is 0 Å². The average Bonchev–Trinajstić information content (AvgIpc) is 3.04. The highest BCUT2D eigenvalue weighted by Crippen LogP contribution is 2.38. The smallest absolute Gasteiger partial charge is 0.198 e. The summed E-state index contributed by atoms with van der Waals surface area (Å²) in [5.41, 5.74) is 9.65. The van der Waals surface area contributed by atoms with Gasteiger partial charge in [0, 0.05) is 31.7 Å². The molecule has 1 aromatic heterocycles. The van der Waals surface area contributed by atoms with E-state index in [1.807, 2.05) is 12.1 Å². The molecule has 0 radical (unpaired) electrons. The van der Waals surface area contributed by atoms with Crippen molar-refractivity contribution in [3.05, 3.63) is 18.0 Å². The Bertz CT molecular complexity index is 701. The molecule has 1 aliphatic carbocycles. The maximum Gasteiger partial charge on any atom is 0.198 e. The van der Waals surface area contributed by atoms with Gasteiger partial charge in [0.1, 0.15) is 5.52 Å². The van der Waals surface area contributed by atoms with Crippen LogP contribution in [0.5, 0.6) is 0 Å². The standard InChI is InChI=1S/C18H25N3O3/c19-14-9-17-15(10-16(14)21-5-7-23-8-6-21)20-18(24-17)13-3-1-12(11-22)2-4-13/h9-10,12-13,22H,1-8,11,19H2/t12-,13-. The van der Waals surface area contributed by atoms with Gasteiger partial charge in [-0.3, -0.25) is 0 Å². The fourth-order valence-electron chi connectivity index (χ4n) is 3.84. The molecule has 1 saturated heterocycles. The van der Waals surface area contributed by atoms with Crippen molar-refractivity contribution in [2.75, 3.05) is 43.5 Å². The number of hydrogen-bond donors (Lipinski definition) is 2. The van der Waals surface area contributed by atoms with Crippen LogP contribution in [0.15, 0.2) is 16.5 Å². The molecule has 2 aromatic rings. The lowest BCUT2D eigenvalue weighted by Gasteiger charge is -2.29. The van der Waals surface area contributed by atoms with Crippen molar-refractivity contribution < 1.29 is 14.3 Å². The number of aliphatic hydroxyl groups excluding tert-OH is 1. The number of aromatic nitrogens is 1. The minimum atomic E-state index is 0.291. The predicted molar refractivity (Wildman–Crippen MR) is 93.2 cm³/mol. The molecule has 2 fully saturated rings. The molecular weight excluding hydrogens is 306 g/mol. The van der Waals surface area contributed by atoms with Crippen molar-refractivity contribution in [1.82, 2.24) is 4.98 Å². The number of fused-ring (bicyclic) bond motifs is 1. The zero-order valence-electron chi connectivity index (χ0n) is 13.9. The molecule has 1 aliphatic heterocycles. The first-order valence-corrected chi connectivity index (χ1v) is 8.88. The molecule has 0 atom stereocenters. The van der Waals surface area contributed by atoms with E-state index in [4.69, 9.17) is 19.9 Å². The van der Waals surface area contributed by atoms with Crippen LogP contribution in [0.1, 0.15) is 37.5 Å². The highest BCUT2D eigenvalue weighted by atomic mass is 16.5. The second-order valence-electron chi connectivity index (χ2n) is 6.93. The topological polar surface area (TPSA) is 84.8 Å². The number of nitrogens with two attached hydrogens (primary N) is 1. The zero-order valence-corrected chi connectivity index (χ0v) is 13.9. The van der Waals surface area contributed by atoms with Crippen LogP contribution in [-0.4, -0.2) is 43.0 Å². The summed E-state index contributed by atoms with van der Waals surface area (Å²) >= 11 is 0. The number of hydrogen-bond acceptors (Lipinski definition) is 6. The molecule has 130 valence electrons. The molecule has 0 amide bonds. The fourth-order valence-corrected chi connectivity index (χ4v) is 3.84. The second kappa shape index (κ2) is 6.61. The summed E-state index contributed by atoms with van der Waals surface area (Å²) in [7, 11) is 0. The van der Waals surface area contributed by atoms with E-state index >= 15 is 0 Å². The van der Waals surface area contributed by atoms with Crippen molar-refractivity contribution in [3.8, 4) is 0 Å². The van der Waals surface area contributed by atoms with Gasteiger partial charge in [-0.1, -0.05) is 0 Å². The van der Waals surface area contributed by atoms with E-state index in [1.54, 1.807) is 0 Å². The SMILES string of the molecule is Nc1cc2oc([C@H]3CC[C@H](CO)CC3)nc2cc1N1CCOCC1. The first-order valence-electron chi connectivity index (χ1n) is 8.88. The van der Waals surface area contributed by atoms with Crippen molar-refractivity contribution in [2.45, 2.75) is 31.6 Å². The van der Waals surface area contributed by atoms with Gasteiger partial charge in [0.25, 0.3) is 0 Å². The first-order chi connectivity index (χ1) is 11.7. The van der Waals surface area contributed by atoms with Gasteiger partial charge in [-0.25, -0.2) is 4.98 Å². The maximum atomic E-state index is 9.28. The van der Waals surface area contributed by atoms with Crippen LogP contribution in [0.25, 0.3) is 11.1 Å². The second-order valence-corrected chi connectivity index (χ2v) is 6.93. The molecule has 1 saturated carbocycles. The Kier molecular flexibility index (Phi) is 4.33. The van der Waals surface area contributed by atoms with Crippen LogP contribution in [0.3, 0.4) is 0 Å². The van der Waals surface area contributed by atoms with Gasteiger partial charge in [0.2, 0.25) is 0 Å². The van der Waals surface area contributed by atoms with Gasteiger partial charge in [0.05, 0.1) is 24.6 Å². The number of nitrogens with zero attached hydrogens (tertiary/aromatic N) is 2. The third-order valence-corrected chi connectivity index (χ3v) is 5.36. The minimum Gasteiger partial charge on any atom is -0.440 e. The van der Waals surface area contributed by atoms with Gasteiger partial charge in [0.15, 0.2) is 11.5 Å². The highest BCUT2D eigenvalue weighted by molar-refractivity contribution is 5.86. The molecule has 0 unspecified atom stereocenters. The summed E-state index contributed by atoms with van der Waals surface area (Å²) in [5, 5.41) is 9.28. The summed E-state index contributed by atoms with van der Waals surface area (Å²) in [6.07, 6.45) is 4.15. The third kappa shape index (κ3) is 2.96. The summed E-state index contributed by atoms with van der Waals surface area (Å²) in [6, 6.07) is 3.94. The Morgan fingerprint density at radius 3 is 2.62 bits per heavy atom. The van der Waals surface area contributed by atoms with Crippen molar-refractivity contribution in [2.24, 2.45) is 5.92 Å². The zero-order chi connectivity index (χ0) is 16.5. The molecule has 0 spiro atoms. The number of oxazole rings is 1. The van der Waals surface area contributed by atoms with E-state index in [-0.39, 0.29) is 0 Å². The Morgan fingerprint density at radius 1 is 1.17 bits per heavy atom. The number of benzene rings is 1. The Morgan fingerprint density at radius 2 is 1.92 bits per heavy atom. The van der Waals surface area contributed by atoms with E-state index in [0.717, 1.165) is 80.4 Å². The van der Waals surface area contributed by atoms with E-state index in [0.29, 0.717) is 18.4 Å². The number of nitrogen functional groups attached to an aromatic ring is 1. The van der Waals surface area contributed by atoms with Crippen molar-refractivity contribution >= 4 is 22.5 Å². The summed E-state index contributed by atoms with van der Waals surface area (Å²) in [5.74, 6) is 1.61. The molecule has 1 aromatic carbocycles. The van der Waals surface area contributed by atoms with Gasteiger partial charge in [-0.15, -0.1) is 0 Å². The van der Waals surface area contributed by atoms with Gasteiger partial charge in [-0.05, 0) is 37.7 Å². The van der Waals surface area contributed by atoms with Crippen LogP contribution in [-0.2, 0) is 4.74 Å². The normalized spacial score (nSPS) is 25.3. The van der Waals surface area contributed by atoms with Crippen LogP contribution >= 0.6 is 0 Å². The number of anilines is 2. The number of rotatable bonds is 3. The first kappa shape index (κ1) is 15.7. The van der Waals surface area contributed by atoms with E-state index in [9.17, 15) is 5.11 Å². The lowest BCUT2D eigenvalue weighted by Crippen LogP contribution is -2.36. The van der Waals surface area contributed by atoms with E-state index in [1.165, 1.54) is 0 Å². The maximum absolute atomic E-state index is 9.28. The van der Waals surface area contributed by atoms with Crippen LogP contribution in [0, 0.1) is 5.92 Å². The molecular formula is C18H25N3O3. The summed E-state index contributed by atoms with van der Waals surface area (Å²) in [6.45, 7) is 3.46. The Labute approximate surface area is 141 Å². The Hall–Kier alpha value is -1.79. The highest BCUT2D eigenvalue weighted by Gasteiger charge is 2.26. The lowest BCUT2D eigenvalue weighted by atomic mass is 9.82. The van der Waals surface area contributed by atoms with Gasteiger partial charge < -0.3 is 24.9 Å². The average molecular weight is 331 g/mol. The molecule has 4 rings (SSSR count). The number of morpholine rings is 1. The largest absolute Gasteiger partial charge is 0.440 e. The van der Waals surface area contributed by atoms with Crippen LogP contribution in [0.2, 0.25) is 0 Å². The number of aliphatic hydroxyl groups is 1. The van der Waals surface area contributed by atoms with Gasteiger partial charge in [-0.2, -0.15) is 0 Å². The van der Waals surface area contributed by atoms with E-state index in [2.05, 4.69) is 4.90 Å². The van der Waals surface area contributed by atoms with Crippen LogP contribution < -0.4 is 10.6 Å².